The average molecular weight is 376 g/mol. The lowest BCUT2D eigenvalue weighted by Crippen LogP contribution is -2.28. The lowest BCUT2D eigenvalue weighted by molar-refractivity contribution is -0.122. The Kier molecular flexibility index (Phi) is 6.39. The normalized spacial score (nSPS) is 12.5. The van der Waals surface area contributed by atoms with E-state index in [2.05, 4.69) is 5.32 Å². The molecule has 0 saturated heterocycles. The fraction of sp³-hybridized carbons (Fsp3) is 0.316. The summed E-state index contributed by atoms with van der Waals surface area (Å²) >= 11 is 0. The highest BCUT2D eigenvalue weighted by Gasteiger charge is 2.12. The summed E-state index contributed by atoms with van der Waals surface area (Å²) in [6.07, 6.45) is 0.229. The Hall–Kier alpha value is -2.38. The van der Waals surface area contributed by atoms with Crippen LogP contribution < -0.4 is 15.2 Å². The number of rotatable bonds is 7. The van der Waals surface area contributed by atoms with Crippen molar-refractivity contribution in [2.24, 2.45) is 5.14 Å². The molecule has 0 radical (unpaired) electrons. The first kappa shape index (κ1) is 19.9. The Morgan fingerprint density at radius 2 is 1.81 bits per heavy atom. The van der Waals surface area contributed by atoms with Crippen molar-refractivity contribution in [2.45, 2.75) is 38.1 Å². The standard InChI is InChI=1S/C19H24N2O4S/c1-13-4-5-14(2)18(12-13)25-11-10-19(22)21-15(3)16-6-8-17(9-7-16)26(20,23)24/h4-9,12,15H,10-11H2,1-3H3,(H,21,22)(H2,20,23,24)/t15-/m0/s1. The molecule has 0 saturated carbocycles. The van der Waals surface area contributed by atoms with Gasteiger partial charge >= 0.3 is 0 Å². The fourth-order valence-electron chi connectivity index (χ4n) is 2.46. The summed E-state index contributed by atoms with van der Waals surface area (Å²) in [4.78, 5) is 12.1. The van der Waals surface area contributed by atoms with E-state index in [1.165, 1.54) is 12.1 Å². The minimum Gasteiger partial charge on any atom is -0.493 e. The number of hydrogen-bond donors (Lipinski definition) is 2. The number of nitrogens with two attached hydrogens (primary N) is 1. The van der Waals surface area contributed by atoms with Crippen LogP contribution in [0.4, 0.5) is 0 Å². The topological polar surface area (TPSA) is 98.5 Å². The van der Waals surface area contributed by atoms with Gasteiger partial charge in [0.2, 0.25) is 15.9 Å². The summed E-state index contributed by atoms with van der Waals surface area (Å²) in [7, 11) is -3.72. The second-order valence-electron chi connectivity index (χ2n) is 6.27. The van der Waals surface area contributed by atoms with Crippen LogP contribution in [0, 0.1) is 13.8 Å². The van der Waals surface area contributed by atoms with E-state index in [9.17, 15) is 13.2 Å². The van der Waals surface area contributed by atoms with E-state index in [-0.39, 0.29) is 29.9 Å². The number of nitrogens with one attached hydrogen (secondary N) is 1. The molecule has 0 bridgehead atoms. The molecule has 2 aromatic rings. The number of ether oxygens (including phenoxy) is 1. The van der Waals surface area contributed by atoms with Gasteiger partial charge < -0.3 is 10.1 Å². The van der Waals surface area contributed by atoms with Crippen molar-refractivity contribution >= 4 is 15.9 Å². The molecule has 6 nitrogen and oxygen atoms in total. The molecule has 0 aliphatic heterocycles. The zero-order valence-corrected chi connectivity index (χ0v) is 16.0. The zero-order valence-electron chi connectivity index (χ0n) is 15.2. The molecule has 0 aromatic heterocycles. The van der Waals surface area contributed by atoms with Crippen molar-refractivity contribution in [3.8, 4) is 5.75 Å². The largest absolute Gasteiger partial charge is 0.493 e. The molecule has 0 aliphatic carbocycles. The number of amides is 1. The minimum absolute atomic E-state index is 0.0432. The molecule has 0 heterocycles. The number of benzene rings is 2. The third-order valence-corrected chi connectivity index (χ3v) is 4.95. The molecular weight excluding hydrogens is 352 g/mol. The average Bonchev–Trinajstić information content (AvgIpc) is 2.57. The predicted octanol–water partition coefficient (Wildman–Crippen LogP) is 2.60. The van der Waals surface area contributed by atoms with Crippen molar-refractivity contribution in [3.05, 3.63) is 59.2 Å². The smallest absolute Gasteiger partial charge is 0.238 e. The molecule has 0 aliphatic rings. The molecule has 0 fully saturated rings. The second-order valence-corrected chi connectivity index (χ2v) is 7.83. The quantitative estimate of drug-likeness (QED) is 0.776. The number of carbonyl (C=O) groups excluding carboxylic acids is 1. The van der Waals surface area contributed by atoms with Gasteiger partial charge in [0.15, 0.2) is 0 Å². The number of sulfonamides is 1. The monoisotopic (exact) mass is 376 g/mol. The van der Waals surface area contributed by atoms with Crippen molar-refractivity contribution in [2.75, 3.05) is 6.61 Å². The summed E-state index contributed by atoms with van der Waals surface area (Å²) in [5, 5.41) is 7.94. The van der Waals surface area contributed by atoms with Crippen LogP contribution in [0.2, 0.25) is 0 Å². The van der Waals surface area contributed by atoms with Crippen LogP contribution in [-0.4, -0.2) is 20.9 Å². The second kappa shape index (κ2) is 8.33. The van der Waals surface area contributed by atoms with Gasteiger partial charge in [0, 0.05) is 0 Å². The zero-order chi connectivity index (χ0) is 19.3. The maximum atomic E-state index is 12.1. The Labute approximate surface area is 154 Å². The van der Waals surface area contributed by atoms with Gasteiger partial charge in [-0.05, 0) is 55.7 Å². The van der Waals surface area contributed by atoms with E-state index in [4.69, 9.17) is 9.88 Å². The van der Waals surface area contributed by atoms with Gasteiger partial charge in [-0.3, -0.25) is 4.79 Å². The van der Waals surface area contributed by atoms with Crippen molar-refractivity contribution in [1.29, 1.82) is 0 Å². The summed E-state index contributed by atoms with van der Waals surface area (Å²) in [5.74, 6) is 0.641. The van der Waals surface area contributed by atoms with E-state index >= 15 is 0 Å². The van der Waals surface area contributed by atoms with E-state index in [0.717, 1.165) is 22.4 Å². The summed E-state index contributed by atoms with van der Waals surface area (Å²) < 4.78 is 28.2. The van der Waals surface area contributed by atoms with Crippen LogP contribution in [0.1, 0.15) is 36.1 Å². The van der Waals surface area contributed by atoms with Crippen LogP contribution in [-0.2, 0) is 14.8 Å². The molecule has 0 unspecified atom stereocenters. The molecule has 2 rings (SSSR count). The van der Waals surface area contributed by atoms with Gasteiger partial charge in [-0.1, -0.05) is 24.3 Å². The van der Waals surface area contributed by atoms with Crippen LogP contribution in [0.25, 0.3) is 0 Å². The van der Waals surface area contributed by atoms with E-state index in [0.29, 0.717) is 0 Å². The van der Waals surface area contributed by atoms with Crippen LogP contribution >= 0.6 is 0 Å². The highest BCUT2D eigenvalue weighted by molar-refractivity contribution is 7.89. The first-order chi connectivity index (χ1) is 12.2. The highest BCUT2D eigenvalue weighted by atomic mass is 32.2. The van der Waals surface area contributed by atoms with Gasteiger partial charge in [0.1, 0.15) is 5.75 Å². The number of aryl methyl sites for hydroxylation is 2. The summed E-state index contributed by atoms with van der Waals surface area (Å²) in [6, 6.07) is 11.8. The SMILES string of the molecule is Cc1ccc(C)c(OCCC(=O)N[C@@H](C)c2ccc(S(N)(=O)=O)cc2)c1. The van der Waals surface area contributed by atoms with Gasteiger partial charge in [-0.15, -0.1) is 0 Å². The van der Waals surface area contributed by atoms with Crippen LogP contribution in [0.15, 0.2) is 47.4 Å². The fourth-order valence-corrected chi connectivity index (χ4v) is 2.98. The summed E-state index contributed by atoms with van der Waals surface area (Å²) in [6.45, 7) is 6.06. The third-order valence-electron chi connectivity index (χ3n) is 4.02. The molecule has 0 spiro atoms. The van der Waals surface area contributed by atoms with Crippen LogP contribution in [0.3, 0.4) is 0 Å². The molecular formula is C19H24N2O4S. The molecule has 1 amide bonds. The van der Waals surface area contributed by atoms with Gasteiger partial charge in [-0.25, -0.2) is 13.6 Å². The lowest BCUT2D eigenvalue weighted by atomic mass is 10.1. The molecule has 3 N–H and O–H groups in total. The summed E-state index contributed by atoms with van der Waals surface area (Å²) in [5.41, 5.74) is 2.92. The lowest BCUT2D eigenvalue weighted by Gasteiger charge is -2.15. The van der Waals surface area contributed by atoms with Gasteiger partial charge in [-0.2, -0.15) is 0 Å². The highest BCUT2D eigenvalue weighted by Crippen LogP contribution is 2.19. The van der Waals surface area contributed by atoms with Crippen molar-refractivity contribution in [3.63, 3.8) is 0 Å². The van der Waals surface area contributed by atoms with Gasteiger partial charge in [0.25, 0.3) is 0 Å². The number of hydrogen-bond acceptors (Lipinski definition) is 4. The van der Waals surface area contributed by atoms with E-state index in [1.807, 2.05) is 39.0 Å². The minimum atomic E-state index is -3.72. The maximum absolute atomic E-state index is 12.1. The molecule has 2 aromatic carbocycles. The Balaban J connectivity index is 1.86. The first-order valence-corrected chi connectivity index (χ1v) is 9.83. The Morgan fingerprint density at radius 1 is 1.15 bits per heavy atom. The van der Waals surface area contributed by atoms with Crippen molar-refractivity contribution in [1.82, 2.24) is 5.32 Å². The Morgan fingerprint density at radius 3 is 2.42 bits per heavy atom. The third kappa shape index (κ3) is 5.57. The number of carbonyl (C=O) groups is 1. The Bertz CT molecular complexity index is 877. The molecule has 26 heavy (non-hydrogen) atoms. The van der Waals surface area contributed by atoms with E-state index < -0.39 is 10.0 Å². The van der Waals surface area contributed by atoms with E-state index in [1.54, 1.807) is 12.1 Å². The molecule has 1 atom stereocenters. The van der Waals surface area contributed by atoms with Crippen molar-refractivity contribution < 1.29 is 17.9 Å². The number of primary sulfonamides is 1. The maximum Gasteiger partial charge on any atom is 0.238 e. The molecule has 140 valence electrons. The molecule has 7 heteroatoms. The van der Waals surface area contributed by atoms with Crippen LogP contribution in [0.5, 0.6) is 5.75 Å². The first-order valence-electron chi connectivity index (χ1n) is 8.29. The predicted molar refractivity (Wildman–Crippen MR) is 100 cm³/mol. The van der Waals surface area contributed by atoms with Gasteiger partial charge in [0.05, 0.1) is 24.0 Å².